The summed E-state index contributed by atoms with van der Waals surface area (Å²) in [4.78, 5) is 111. The third-order valence-corrected chi connectivity index (χ3v) is 22.0. The number of nitrogens with zero attached hydrogens (tertiary/aromatic N) is 6. The Morgan fingerprint density at radius 1 is 0.387 bits per heavy atom. The van der Waals surface area contributed by atoms with Crippen LogP contribution in [-0.2, 0) is 24.0 Å². The van der Waals surface area contributed by atoms with E-state index in [1.807, 2.05) is 84.9 Å². The Morgan fingerprint density at radius 3 is 1.08 bits per heavy atom. The van der Waals surface area contributed by atoms with Crippen molar-refractivity contribution in [3.05, 3.63) is 303 Å². The lowest BCUT2D eigenvalue weighted by Crippen LogP contribution is -2.31. The number of aryl methyl sites for hydroxylation is 3. The minimum atomic E-state index is -1.11. The van der Waals surface area contributed by atoms with E-state index < -0.39 is 23.4 Å². The quantitative estimate of drug-likeness (QED) is 0.0219. The zero-order valence-corrected chi connectivity index (χ0v) is 69.3. The molecular formula is C98H106N12O9. The fourth-order valence-electron chi connectivity index (χ4n) is 15.7. The predicted octanol–water partition coefficient (Wildman–Crippen LogP) is 18.9. The van der Waals surface area contributed by atoms with E-state index in [0.29, 0.717) is 73.1 Å². The average Bonchev–Trinajstić information content (AvgIpc) is 0.842. The van der Waals surface area contributed by atoms with E-state index in [-0.39, 0.29) is 52.9 Å². The summed E-state index contributed by atoms with van der Waals surface area (Å²) in [7, 11) is 0. The first-order chi connectivity index (χ1) is 57.5. The van der Waals surface area contributed by atoms with Crippen molar-refractivity contribution in [1.82, 2.24) is 30.9 Å². The van der Waals surface area contributed by atoms with Crippen LogP contribution in [0, 0.1) is 0 Å². The highest BCUT2D eigenvalue weighted by atomic mass is 16.6. The van der Waals surface area contributed by atoms with E-state index in [4.69, 9.17) is 10.5 Å². The number of aromatic carboxylic acids is 1. The number of nitrogens with one attached hydrogen (secondary N) is 5. The number of ether oxygens (including phenoxy) is 1. The number of benzene rings is 8. The van der Waals surface area contributed by atoms with E-state index in [0.717, 1.165) is 125 Å². The highest BCUT2D eigenvalue weighted by Crippen LogP contribution is 2.38. The van der Waals surface area contributed by atoms with Gasteiger partial charge in [-0.3, -0.25) is 38.9 Å². The third kappa shape index (κ3) is 21.3. The van der Waals surface area contributed by atoms with Crippen molar-refractivity contribution in [2.45, 2.75) is 144 Å². The molecule has 0 saturated heterocycles. The number of nitrogen functional groups attached to an aromatic ring is 1. The van der Waals surface area contributed by atoms with Gasteiger partial charge in [0.2, 0.25) is 0 Å². The lowest BCUT2D eigenvalue weighted by Gasteiger charge is -2.26. The molecule has 0 saturated carbocycles. The second kappa shape index (κ2) is 39.6. The molecule has 612 valence electrons. The maximum Gasteiger partial charge on any atom is 0.338 e. The van der Waals surface area contributed by atoms with E-state index >= 15 is 0 Å². The van der Waals surface area contributed by atoms with Crippen LogP contribution in [0.3, 0.4) is 0 Å². The van der Waals surface area contributed by atoms with E-state index in [2.05, 4.69) is 146 Å². The molecule has 3 aromatic heterocycles. The number of anilines is 6. The van der Waals surface area contributed by atoms with Gasteiger partial charge < -0.3 is 56.9 Å². The zero-order chi connectivity index (χ0) is 84.3. The zero-order valence-electron chi connectivity index (χ0n) is 69.3. The van der Waals surface area contributed by atoms with Gasteiger partial charge in [-0.1, -0.05) is 84.9 Å². The van der Waals surface area contributed by atoms with Crippen LogP contribution in [0.15, 0.2) is 231 Å². The van der Waals surface area contributed by atoms with Crippen LogP contribution in [0.2, 0.25) is 0 Å². The molecule has 3 atom stereocenters. The standard InChI is InChI=1S/C38H42N4O4.C34H34N4O4.C26H30N4O/c1-6-42(7-2)29-18-19-33(41-35(43)26-14-10-15-28(22-26)37(45)46-38(3,4)5)31(24-29)34-23-27(20-21-39-34)36(44)40-32-17-11-13-25-12-8-9-16-30(25)32;1-3-38(4-2)26-15-16-30(37-32(39)23-11-7-12-25(19-23)34(41)42)28(21-26)31-20-24(17-18-35-31)33(40)36-29-14-8-10-22-9-5-6-13-27(22)29;1-3-30(4-2)20-12-13-23(27)22(17-20)25-16-19(14-15-28-25)26(31)29-24-11-7-9-18-8-5-6-10-21(18)24/h8-10,12,14-16,18-24,32H,6-7,11,13,17H2,1-5H3,(H,40,44)(H,41,43);5-7,9,11-13,15-21,29H,3-4,8,10,14H2,1-2H3,(H,36,40)(H,37,39)(H,41,42);5-6,8,10,12-17,24H,3-4,7,9,11,27H2,1-2H3,(H,29,31). The molecule has 5 amide bonds. The van der Waals surface area contributed by atoms with Gasteiger partial charge in [0, 0.05) is 125 Å². The fourth-order valence-corrected chi connectivity index (χ4v) is 15.7. The Morgan fingerprint density at radius 2 is 0.714 bits per heavy atom. The molecule has 3 unspecified atom stereocenters. The molecule has 0 spiro atoms. The predicted molar refractivity (Wildman–Crippen MR) is 474 cm³/mol. The van der Waals surface area contributed by atoms with E-state index in [1.165, 1.54) is 52.1 Å². The molecule has 0 bridgehead atoms. The first kappa shape index (κ1) is 85.1. The monoisotopic (exact) mass is 1590 g/mol. The van der Waals surface area contributed by atoms with Crippen LogP contribution in [-0.4, -0.2) is 106 Å². The molecule has 0 aliphatic heterocycles. The number of pyridine rings is 3. The fraction of sp³-hybridized carbons (Fsp3) is 0.286. The Bertz CT molecular complexity index is 5490. The Hall–Kier alpha value is -13.3. The molecular weight excluding hydrogens is 1490 g/mol. The molecule has 0 fully saturated rings. The molecule has 119 heavy (non-hydrogen) atoms. The van der Waals surface area contributed by atoms with Crippen LogP contribution in [0.1, 0.15) is 225 Å². The summed E-state index contributed by atoms with van der Waals surface area (Å²) in [5.41, 5.74) is 24.2. The highest BCUT2D eigenvalue weighted by molar-refractivity contribution is 6.09. The Balaban J connectivity index is 0.000000167. The van der Waals surface area contributed by atoms with Crippen molar-refractivity contribution in [2.24, 2.45) is 0 Å². The van der Waals surface area contributed by atoms with E-state index in [9.17, 15) is 38.7 Å². The lowest BCUT2D eigenvalue weighted by molar-refractivity contribution is 0.00686. The van der Waals surface area contributed by atoms with Crippen molar-refractivity contribution < 1.29 is 43.4 Å². The number of aromatic nitrogens is 3. The van der Waals surface area contributed by atoms with Crippen molar-refractivity contribution in [2.75, 3.05) is 70.3 Å². The molecule has 3 heterocycles. The Kier molecular flexibility index (Phi) is 28.3. The van der Waals surface area contributed by atoms with Crippen LogP contribution >= 0.6 is 0 Å². The number of carbonyl (C=O) groups excluding carboxylic acids is 6. The molecule has 0 radical (unpaired) electrons. The van der Waals surface area contributed by atoms with Crippen molar-refractivity contribution >= 4 is 75.6 Å². The third-order valence-electron chi connectivity index (χ3n) is 22.0. The molecule has 21 heteroatoms. The number of rotatable bonds is 24. The van der Waals surface area contributed by atoms with Crippen molar-refractivity contribution in [1.29, 1.82) is 0 Å². The molecule has 11 aromatic rings. The summed E-state index contributed by atoms with van der Waals surface area (Å²) in [5, 5.41) is 25.0. The molecule has 8 N–H and O–H groups in total. The number of esters is 1. The normalized spacial score (nSPS) is 14.4. The molecule has 8 aromatic carbocycles. The number of amides is 5. The van der Waals surface area contributed by atoms with Crippen LogP contribution < -0.4 is 47.0 Å². The maximum absolute atomic E-state index is 13.5. The smallest absolute Gasteiger partial charge is 0.338 e. The summed E-state index contributed by atoms with van der Waals surface area (Å²) in [6.45, 7) is 23.0. The van der Waals surface area contributed by atoms with Gasteiger partial charge in [0.05, 0.1) is 57.7 Å². The van der Waals surface area contributed by atoms with Gasteiger partial charge >= 0.3 is 11.9 Å². The Labute approximate surface area is 697 Å². The van der Waals surface area contributed by atoms with Crippen molar-refractivity contribution in [3.63, 3.8) is 0 Å². The van der Waals surface area contributed by atoms with Gasteiger partial charge in [-0.2, -0.15) is 0 Å². The van der Waals surface area contributed by atoms with Crippen molar-refractivity contribution in [3.8, 4) is 33.8 Å². The second-order valence-electron chi connectivity index (χ2n) is 30.8. The first-order valence-electron chi connectivity index (χ1n) is 41.3. The minimum Gasteiger partial charge on any atom is -0.478 e. The average molecular weight is 1600 g/mol. The number of hydrogen-bond acceptors (Lipinski definition) is 15. The number of fused-ring (bicyclic) bond motifs is 3. The van der Waals surface area contributed by atoms with Gasteiger partial charge in [0.15, 0.2) is 0 Å². The largest absolute Gasteiger partial charge is 0.478 e. The number of nitrogens with two attached hydrogens (primary N) is 1. The lowest BCUT2D eigenvalue weighted by atomic mass is 9.87. The maximum atomic E-state index is 13.5. The summed E-state index contributed by atoms with van der Waals surface area (Å²) >= 11 is 0. The number of carboxylic acid groups (broad SMARTS) is 1. The first-order valence-corrected chi connectivity index (χ1v) is 41.3. The van der Waals surface area contributed by atoms with Crippen LogP contribution in [0.4, 0.5) is 34.1 Å². The van der Waals surface area contributed by atoms with Gasteiger partial charge in [-0.25, -0.2) is 9.59 Å². The molecule has 3 aliphatic carbocycles. The van der Waals surface area contributed by atoms with Crippen LogP contribution in [0.25, 0.3) is 33.8 Å². The van der Waals surface area contributed by atoms with Gasteiger partial charge in [0.1, 0.15) is 5.60 Å². The summed E-state index contributed by atoms with van der Waals surface area (Å²) < 4.78 is 5.49. The molecule has 21 nitrogen and oxygen atoms in total. The minimum absolute atomic E-state index is 0.0284. The number of carbonyl (C=O) groups is 7. The summed E-state index contributed by atoms with van der Waals surface area (Å²) in [5.74, 6) is -2.87. The van der Waals surface area contributed by atoms with Gasteiger partial charge in [0.25, 0.3) is 29.5 Å². The highest BCUT2D eigenvalue weighted by Gasteiger charge is 2.28. The topological polar surface area (TPSA) is 284 Å². The molecule has 3 aliphatic rings. The molecule has 14 rings (SSSR count). The summed E-state index contributed by atoms with van der Waals surface area (Å²) in [6, 6.07) is 65.2. The van der Waals surface area contributed by atoms with Crippen LogP contribution in [0.5, 0.6) is 0 Å². The number of hydrogen-bond donors (Lipinski definition) is 7. The van der Waals surface area contributed by atoms with E-state index in [1.54, 1.807) is 94.0 Å². The van der Waals surface area contributed by atoms with Gasteiger partial charge in [-0.05, 0) is 281 Å². The second-order valence-corrected chi connectivity index (χ2v) is 30.8. The summed E-state index contributed by atoms with van der Waals surface area (Å²) in [6.07, 6.45) is 13.9. The SMILES string of the molecule is CCN(CC)c1ccc(N)c(-c2cc(C(=O)NC3CCCc4ccccc43)ccn2)c1.CCN(CC)c1ccc(NC(=O)c2cccc(C(=O)O)c2)c(-c2cc(C(=O)NC3CCCc4ccccc43)ccn2)c1.CCN(CC)c1ccc(NC(=O)c2cccc(C(=O)OC(C)(C)C)c2)c(-c2cc(C(=O)NC3CCCc4ccccc43)ccn2)c1. The number of carboxylic acids is 1. The van der Waals surface area contributed by atoms with Gasteiger partial charge in [-0.15, -0.1) is 0 Å².